The van der Waals surface area contributed by atoms with Gasteiger partial charge in [0.05, 0.1) is 19.6 Å². The maximum atomic E-state index is 12.6. The van der Waals surface area contributed by atoms with E-state index < -0.39 is 6.04 Å². The lowest BCUT2D eigenvalue weighted by atomic mass is 10.0. The van der Waals surface area contributed by atoms with Crippen LogP contribution in [0.25, 0.3) is 0 Å². The monoisotopic (exact) mass is 374 g/mol. The van der Waals surface area contributed by atoms with Gasteiger partial charge in [0.1, 0.15) is 5.75 Å². The third-order valence-electron chi connectivity index (χ3n) is 4.29. The van der Waals surface area contributed by atoms with Crippen molar-refractivity contribution in [1.82, 2.24) is 5.32 Å². The van der Waals surface area contributed by atoms with E-state index in [1.54, 1.807) is 37.4 Å². The SMILES string of the molecule is COc1cccc(NC(=O)C[C@H](NC(=O)c2ccccc2)c2ccccc2)c1. The molecule has 3 aromatic carbocycles. The van der Waals surface area contributed by atoms with Gasteiger partial charge in [-0.25, -0.2) is 0 Å². The third-order valence-corrected chi connectivity index (χ3v) is 4.29. The van der Waals surface area contributed by atoms with Crippen LogP contribution in [0.2, 0.25) is 0 Å². The lowest BCUT2D eigenvalue weighted by Gasteiger charge is -2.19. The minimum absolute atomic E-state index is 0.111. The number of methoxy groups -OCH3 is 1. The number of amides is 2. The summed E-state index contributed by atoms with van der Waals surface area (Å²) in [7, 11) is 1.57. The fourth-order valence-electron chi connectivity index (χ4n) is 2.87. The number of hydrogen-bond acceptors (Lipinski definition) is 3. The van der Waals surface area contributed by atoms with E-state index in [4.69, 9.17) is 4.74 Å². The van der Waals surface area contributed by atoms with Crippen LogP contribution in [0, 0.1) is 0 Å². The zero-order valence-corrected chi connectivity index (χ0v) is 15.6. The average Bonchev–Trinajstić information content (AvgIpc) is 2.74. The predicted molar refractivity (Wildman–Crippen MR) is 109 cm³/mol. The normalized spacial score (nSPS) is 11.3. The Labute approximate surface area is 164 Å². The van der Waals surface area contributed by atoms with Crippen LogP contribution in [0.3, 0.4) is 0 Å². The molecule has 0 saturated heterocycles. The van der Waals surface area contributed by atoms with Gasteiger partial charge < -0.3 is 15.4 Å². The first kappa shape index (κ1) is 19.2. The number of carbonyl (C=O) groups excluding carboxylic acids is 2. The Bertz CT molecular complexity index is 927. The molecule has 0 fully saturated rings. The van der Waals surface area contributed by atoms with Gasteiger partial charge in [-0.3, -0.25) is 9.59 Å². The lowest BCUT2D eigenvalue weighted by Crippen LogP contribution is -2.31. The number of nitrogens with one attached hydrogen (secondary N) is 2. The molecular formula is C23H22N2O3. The molecule has 5 heteroatoms. The van der Waals surface area contributed by atoms with Crippen LogP contribution in [0.4, 0.5) is 5.69 Å². The molecule has 3 aromatic rings. The van der Waals surface area contributed by atoms with Crippen molar-refractivity contribution in [3.63, 3.8) is 0 Å². The summed E-state index contributed by atoms with van der Waals surface area (Å²) in [6.07, 6.45) is 0.111. The summed E-state index contributed by atoms with van der Waals surface area (Å²) in [5, 5.41) is 5.82. The Hall–Kier alpha value is -3.60. The highest BCUT2D eigenvalue weighted by Gasteiger charge is 2.19. The summed E-state index contributed by atoms with van der Waals surface area (Å²) < 4.78 is 5.18. The van der Waals surface area contributed by atoms with E-state index in [0.717, 1.165) is 5.56 Å². The van der Waals surface area contributed by atoms with Gasteiger partial charge in [-0.05, 0) is 29.8 Å². The predicted octanol–water partition coefficient (Wildman–Crippen LogP) is 4.20. The minimum atomic E-state index is -0.445. The van der Waals surface area contributed by atoms with Crippen molar-refractivity contribution in [2.45, 2.75) is 12.5 Å². The molecule has 0 aliphatic rings. The van der Waals surface area contributed by atoms with Gasteiger partial charge in [0.2, 0.25) is 5.91 Å². The number of carbonyl (C=O) groups is 2. The third kappa shape index (κ3) is 5.20. The van der Waals surface area contributed by atoms with Gasteiger partial charge in [-0.15, -0.1) is 0 Å². The molecule has 0 unspecified atom stereocenters. The fraction of sp³-hybridized carbons (Fsp3) is 0.130. The number of hydrogen-bond donors (Lipinski definition) is 2. The summed E-state index contributed by atoms with van der Waals surface area (Å²) in [4.78, 5) is 25.2. The molecule has 3 rings (SSSR count). The van der Waals surface area contributed by atoms with Crippen LogP contribution in [0.5, 0.6) is 5.75 Å². The first-order valence-corrected chi connectivity index (χ1v) is 9.00. The van der Waals surface area contributed by atoms with E-state index in [0.29, 0.717) is 17.0 Å². The maximum absolute atomic E-state index is 12.6. The molecule has 28 heavy (non-hydrogen) atoms. The van der Waals surface area contributed by atoms with Crippen molar-refractivity contribution in [3.05, 3.63) is 96.1 Å². The zero-order chi connectivity index (χ0) is 19.8. The van der Waals surface area contributed by atoms with Gasteiger partial charge in [0, 0.05) is 17.3 Å². The van der Waals surface area contributed by atoms with E-state index in [9.17, 15) is 9.59 Å². The minimum Gasteiger partial charge on any atom is -0.497 e. The molecule has 0 aromatic heterocycles. The van der Waals surface area contributed by atoms with E-state index in [2.05, 4.69) is 10.6 Å². The molecule has 0 bridgehead atoms. The Kier molecular flexibility index (Phi) is 6.41. The second-order valence-corrected chi connectivity index (χ2v) is 6.29. The lowest BCUT2D eigenvalue weighted by molar-refractivity contribution is -0.116. The highest BCUT2D eigenvalue weighted by atomic mass is 16.5. The number of benzene rings is 3. The quantitative estimate of drug-likeness (QED) is 0.651. The van der Waals surface area contributed by atoms with Gasteiger partial charge in [0.25, 0.3) is 5.91 Å². The van der Waals surface area contributed by atoms with Crippen LogP contribution < -0.4 is 15.4 Å². The standard InChI is InChI=1S/C23H22N2O3/c1-28-20-14-8-13-19(15-20)24-22(26)16-21(17-9-4-2-5-10-17)25-23(27)18-11-6-3-7-12-18/h2-15,21H,16H2,1H3,(H,24,26)(H,25,27)/t21-/m0/s1. The highest BCUT2D eigenvalue weighted by Crippen LogP contribution is 2.21. The van der Waals surface area contributed by atoms with Crippen molar-refractivity contribution < 1.29 is 14.3 Å². The first-order chi connectivity index (χ1) is 13.7. The Morgan fingerprint density at radius 3 is 2.25 bits per heavy atom. The van der Waals surface area contributed by atoms with Crippen LogP contribution in [-0.2, 0) is 4.79 Å². The molecular weight excluding hydrogens is 352 g/mol. The summed E-state index contributed by atoms with van der Waals surface area (Å²) in [6.45, 7) is 0. The Morgan fingerprint density at radius 1 is 0.893 bits per heavy atom. The number of rotatable bonds is 7. The van der Waals surface area contributed by atoms with Crippen molar-refractivity contribution in [1.29, 1.82) is 0 Å². The molecule has 0 saturated carbocycles. The summed E-state index contributed by atoms with van der Waals surface area (Å²) >= 11 is 0. The van der Waals surface area contributed by atoms with Crippen LogP contribution in [-0.4, -0.2) is 18.9 Å². The average molecular weight is 374 g/mol. The van der Waals surface area contributed by atoms with E-state index in [1.807, 2.05) is 54.6 Å². The van der Waals surface area contributed by atoms with Gasteiger partial charge >= 0.3 is 0 Å². The molecule has 0 aliphatic heterocycles. The molecule has 5 nitrogen and oxygen atoms in total. The molecule has 0 heterocycles. The van der Waals surface area contributed by atoms with E-state index in [1.165, 1.54) is 0 Å². The molecule has 0 aliphatic carbocycles. The van der Waals surface area contributed by atoms with Crippen LogP contribution in [0.1, 0.15) is 28.4 Å². The maximum Gasteiger partial charge on any atom is 0.251 e. The summed E-state index contributed by atoms with van der Waals surface area (Å²) in [5.41, 5.74) is 2.06. The molecule has 1 atom stereocenters. The highest BCUT2D eigenvalue weighted by molar-refractivity contribution is 5.95. The van der Waals surface area contributed by atoms with Crippen molar-refractivity contribution in [2.75, 3.05) is 12.4 Å². The van der Waals surface area contributed by atoms with Gasteiger partial charge in [-0.2, -0.15) is 0 Å². The van der Waals surface area contributed by atoms with Crippen LogP contribution in [0.15, 0.2) is 84.9 Å². The van der Waals surface area contributed by atoms with Crippen molar-refractivity contribution in [3.8, 4) is 5.75 Å². The largest absolute Gasteiger partial charge is 0.497 e. The first-order valence-electron chi connectivity index (χ1n) is 9.00. The van der Waals surface area contributed by atoms with Gasteiger partial charge in [0.15, 0.2) is 0 Å². The molecule has 0 spiro atoms. The van der Waals surface area contributed by atoms with Crippen molar-refractivity contribution in [2.24, 2.45) is 0 Å². The second-order valence-electron chi connectivity index (χ2n) is 6.29. The van der Waals surface area contributed by atoms with Gasteiger partial charge in [-0.1, -0.05) is 54.6 Å². The Balaban J connectivity index is 1.73. The van der Waals surface area contributed by atoms with E-state index in [-0.39, 0.29) is 18.2 Å². The summed E-state index contributed by atoms with van der Waals surface area (Å²) in [6, 6.07) is 25.1. The smallest absolute Gasteiger partial charge is 0.251 e. The number of anilines is 1. The number of ether oxygens (including phenoxy) is 1. The zero-order valence-electron chi connectivity index (χ0n) is 15.6. The second kappa shape index (κ2) is 9.37. The summed E-state index contributed by atoms with van der Waals surface area (Å²) in [5.74, 6) is 0.244. The fourth-order valence-corrected chi connectivity index (χ4v) is 2.87. The van der Waals surface area contributed by atoms with Crippen LogP contribution >= 0.6 is 0 Å². The molecule has 2 N–H and O–H groups in total. The van der Waals surface area contributed by atoms with E-state index >= 15 is 0 Å². The van der Waals surface area contributed by atoms with Crippen molar-refractivity contribution >= 4 is 17.5 Å². The molecule has 2 amide bonds. The molecule has 0 radical (unpaired) electrons. The topological polar surface area (TPSA) is 67.4 Å². The Morgan fingerprint density at radius 2 is 1.57 bits per heavy atom. The molecule has 142 valence electrons.